The van der Waals surface area contributed by atoms with E-state index in [0.29, 0.717) is 25.9 Å². The minimum Gasteiger partial charge on any atom is -0.481 e. The first kappa shape index (κ1) is 14.3. The van der Waals surface area contributed by atoms with Crippen LogP contribution in [0.3, 0.4) is 0 Å². The van der Waals surface area contributed by atoms with Crippen LogP contribution in [0.4, 0.5) is 4.79 Å². The van der Waals surface area contributed by atoms with Crippen LogP contribution in [0.1, 0.15) is 26.2 Å². The third-order valence-electron chi connectivity index (χ3n) is 3.37. The molecule has 0 aromatic carbocycles. The molecule has 6 heteroatoms. The van der Waals surface area contributed by atoms with Crippen LogP contribution < -0.4 is 0 Å². The summed E-state index contributed by atoms with van der Waals surface area (Å²) in [5.41, 5.74) is -0.857. The van der Waals surface area contributed by atoms with Gasteiger partial charge in [0.05, 0.1) is 17.9 Å². The summed E-state index contributed by atoms with van der Waals surface area (Å²) in [6, 6.07) is 1.79. The Morgan fingerprint density at radius 3 is 2.78 bits per heavy atom. The molecule has 1 N–H and O–H groups in total. The first-order valence-electron chi connectivity index (χ1n) is 6.01. The van der Waals surface area contributed by atoms with Crippen molar-refractivity contribution in [1.29, 1.82) is 5.26 Å². The second kappa shape index (κ2) is 5.71. The van der Waals surface area contributed by atoms with Crippen LogP contribution >= 0.6 is 0 Å². The highest BCUT2D eigenvalue weighted by molar-refractivity contribution is 5.78. The zero-order valence-corrected chi connectivity index (χ0v) is 10.8. The van der Waals surface area contributed by atoms with E-state index in [2.05, 4.69) is 0 Å². The van der Waals surface area contributed by atoms with E-state index in [-0.39, 0.29) is 19.0 Å². The lowest BCUT2D eigenvalue weighted by Crippen LogP contribution is -2.51. The van der Waals surface area contributed by atoms with Crippen molar-refractivity contribution in [2.45, 2.75) is 26.2 Å². The van der Waals surface area contributed by atoms with E-state index in [4.69, 9.17) is 5.26 Å². The Labute approximate surface area is 107 Å². The lowest BCUT2D eigenvalue weighted by Gasteiger charge is -2.39. The molecule has 1 atom stereocenters. The van der Waals surface area contributed by atoms with Crippen LogP contribution in [0, 0.1) is 16.7 Å². The number of hydrogen-bond acceptors (Lipinski definition) is 3. The molecular formula is C12H19N3O3. The van der Waals surface area contributed by atoms with Gasteiger partial charge in [-0.25, -0.2) is 4.79 Å². The van der Waals surface area contributed by atoms with E-state index in [1.807, 2.05) is 6.07 Å². The fraction of sp³-hybridized carbons (Fsp3) is 0.750. The molecule has 18 heavy (non-hydrogen) atoms. The Hall–Kier alpha value is -1.77. The van der Waals surface area contributed by atoms with E-state index in [9.17, 15) is 14.7 Å². The molecule has 0 saturated carbocycles. The van der Waals surface area contributed by atoms with E-state index >= 15 is 0 Å². The summed E-state index contributed by atoms with van der Waals surface area (Å²) in [6.07, 6.45) is 1.57. The summed E-state index contributed by atoms with van der Waals surface area (Å²) in [5, 5.41) is 17.7. The van der Waals surface area contributed by atoms with E-state index in [1.165, 1.54) is 4.90 Å². The van der Waals surface area contributed by atoms with Gasteiger partial charge in [0, 0.05) is 26.7 Å². The monoisotopic (exact) mass is 253 g/mol. The average Bonchev–Trinajstić information content (AvgIpc) is 2.34. The smallest absolute Gasteiger partial charge is 0.319 e. The van der Waals surface area contributed by atoms with Crippen molar-refractivity contribution in [2.75, 3.05) is 26.7 Å². The Kier molecular flexibility index (Phi) is 4.54. The van der Waals surface area contributed by atoms with Gasteiger partial charge in [0.15, 0.2) is 0 Å². The number of carboxylic acids is 1. The lowest BCUT2D eigenvalue weighted by atomic mass is 9.82. The second-order valence-corrected chi connectivity index (χ2v) is 5.00. The molecule has 0 aromatic heterocycles. The van der Waals surface area contributed by atoms with Crippen molar-refractivity contribution in [1.82, 2.24) is 9.80 Å². The maximum Gasteiger partial charge on any atom is 0.319 e. The number of carbonyl (C=O) groups excluding carboxylic acids is 1. The number of urea groups is 1. The van der Waals surface area contributed by atoms with E-state index in [1.54, 1.807) is 18.9 Å². The molecule has 2 amide bonds. The highest BCUT2D eigenvalue weighted by Gasteiger charge is 2.39. The Balaban J connectivity index is 2.64. The van der Waals surface area contributed by atoms with Crippen molar-refractivity contribution in [3.8, 4) is 6.07 Å². The van der Waals surface area contributed by atoms with Gasteiger partial charge in [0.25, 0.3) is 0 Å². The van der Waals surface area contributed by atoms with Gasteiger partial charge in [0.2, 0.25) is 0 Å². The molecule has 0 aromatic rings. The van der Waals surface area contributed by atoms with Crippen LogP contribution in [0.15, 0.2) is 0 Å². The van der Waals surface area contributed by atoms with Gasteiger partial charge in [-0.15, -0.1) is 0 Å². The highest BCUT2D eigenvalue weighted by Crippen LogP contribution is 2.30. The standard InChI is InChI=1S/C12H19N3O3/c1-12(10(16)17)5-3-8-15(9-12)11(18)14(2)7-4-6-13/h3-5,7-9H2,1-2H3,(H,16,17). The van der Waals surface area contributed by atoms with Crippen molar-refractivity contribution in [3.63, 3.8) is 0 Å². The third kappa shape index (κ3) is 3.13. The number of likely N-dealkylation sites (tertiary alicyclic amines) is 1. The SMILES string of the molecule is CN(CCC#N)C(=O)N1CCCC(C)(C(=O)O)C1. The minimum absolute atomic E-state index is 0.197. The average molecular weight is 253 g/mol. The molecule has 100 valence electrons. The number of nitriles is 1. The molecule has 1 fully saturated rings. The first-order chi connectivity index (χ1) is 8.40. The van der Waals surface area contributed by atoms with Gasteiger partial charge < -0.3 is 14.9 Å². The molecule has 1 rings (SSSR count). The number of rotatable bonds is 3. The second-order valence-electron chi connectivity index (χ2n) is 5.00. The topological polar surface area (TPSA) is 84.6 Å². The molecular weight excluding hydrogens is 234 g/mol. The van der Waals surface area contributed by atoms with Gasteiger partial charge >= 0.3 is 12.0 Å². The highest BCUT2D eigenvalue weighted by atomic mass is 16.4. The number of nitrogens with zero attached hydrogens (tertiary/aromatic N) is 3. The molecule has 0 spiro atoms. The number of amides is 2. The van der Waals surface area contributed by atoms with Crippen molar-refractivity contribution < 1.29 is 14.7 Å². The maximum absolute atomic E-state index is 12.1. The third-order valence-corrected chi connectivity index (χ3v) is 3.37. The zero-order chi connectivity index (χ0) is 13.8. The van der Waals surface area contributed by atoms with Gasteiger partial charge in [-0.3, -0.25) is 4.79 Å². The molecule has 1 saturated heterocycles. The number of piperidine rings is 1. The van der Waals surface area contributed by atoms with Gasteiger partial charge in [-0.2, -0.15) is 5.26 Å². The molecule has 6 nitrogen and oxygen atoms in total. The van der Waals surface area contributed by atoms with Crippen molar-refractivity contribution in [2.24, 2.45) is 5.41 Å². The van der Waals surface area contributed by atoms with Crippen LogP contribution in [0.5, 0.6) is 0 Å². The summed E-state index contributed by atoms with van der Waals surface area (Å²) in [6.45, 7) is 2.86. The van der Waals surface area contributed by atoms with E-state index < -0.39 is 11.4 Å². The fourth-order valence-electron chi connectivity index (χ4n) is 2.13. The van der Waals surface area contributed by atoms with E-state index in [0.717, 1.165) is 0 Å². The van der Waals surface area contributed by atoms with Crippen LogP contribution in [-0.4, -0.2) is 53.6 Å². The van der Waals surface area contributed by atoms with Gasteiger partial charge in [0.1, 0.15) is 0 Å². The Bertz CT molecular complexity index is 377. The zero-order valence-electron chi connectivity index (χ0n) is 10.8. The Morgan fingerprint density at radius 2 is 2.22 bits per heavy atom. The minimum atomic E-state index is -0.861. The fourth-order valence-corrected chi connectivity index (χ4v) is 2.13. The molecule has 1 aliphatic heterocycles. The van der Waals surface area contributed by atoms with Gasteiger partial charge in [-0.1, -0.05) is 0 Å². The summed E-state index contributed by atoms with van der Waals surface area (Å²) < 4.78 is 0. The van der Waals surface area contributed by atoms with Crippen LogP contribution in [0.2, 0.25) is 0 Å². The number of aliphatic carboxylic acids is 1. The maximum atomic E-state index is 12.1. The summed E-state index contributed by atoms with van der Waals surface area (Å²) in [7, 11) is 1.63. The van der Waals surface area contributed by atoms with Crippen molar-refractivity contribution >= 4 is 12.0 Å². The normalized spacial score (nSPS) is 23.3. The summed E-state index contributed by atoms with van der Waals surface area (Å²) in [4.78, 5) is 26.3. The molecule has 0 radical (unpaired) electrons. The molecule has 0 bridgehead atoms. The predicted octanol–water partition coefficient (Wildman–Crippen LogP) is 1.14. The molecule has 0 aliphatic carbocycles. The summed E-state index contributed by atoms with van der Waals surface area (Å²) >= 11 is 0. The largest absolute Gasteiger partial charge is 0.481 e. The molecule has 1 aliphatic rings. The molecule has 1 unspecified atom stereocenters. The quantitative estimate of drug-likeness (QED) is 0.817. The first-order valence-corrected chi connectivity index (χ1v) is 6.01. The number of carboxylic acid groups (broad SMARTS) is 1. The number of hydrogen-bond donors (Lipinski definition) is 1. The van der Waals surface area contributed by atoms with Crippen LogP contribution in [-0.2, 0) is 4.79 Å². The summed E-state index contributed by atoms with van der Waals surface area (Å²) in [5.74, 6) is -0.861. The Morgan fingerprint density at radius 1 is 1.56 bits per heavy atom. The van der Waals surface area contributed by atoms with Crippen LogP contribution in [0.25, 0.3) is 0 Å². The predicted molar refractivity (Wildman–Crippen MR) is 64.8 cm³/mol. The molecule has 1 heterocycles. The van der Waals surface area contributed by atoms with Gasteiger partial charge in [-0.05, 0) is 19.8 Å². The van der Waals surface area contributed by atoms with Crippen molar-refractivity contribution in [3.05, 3.63) is 0 Å². The lowest BCUT2D eigenvalue weighted by molar-refractivity contribution is -0.150. The number of carbonyl (C=O) groups is 2.